The van der Waals surface area contributed by atoms with Gasteiger partial charge in [0.15, 0.2) is 16.4 Å². The molecule has 3 rings (SSSR count). The zero-order chi connectivity index (χ0) is 20.5. The summed E-state index contributed by atoms with van der Waals surface area (Å²) in [5.41, 5.74) is 2.86. The minimum atomic E-state index is -3.26. The van der Waals surface area contributed by atoms with Crippen LogP contribution in [0.4, 0.5) is 0 Å². The van der Waals surface area contributed by atoms with Gasteiger partial charge in [-0.3, -0.25) is 4.79 Å². The average Bonchev–Trinajstić information content (AvgIpc) is 3.07. The Labute approximate surface area is 168 Å². The van der Waals surface area contributed by atoms with Crippen LogP contribution < -0.4 is 5.32 Å². The number of halogens is 1. The van der Waals surface area contributed by atoms with E-state index in [1.54, 1.807) is 13.0 Å². The number of hydrogen-bond donors (Lipinski definition) is 1. The number of esters is 1. The minimum Gasteiger partial charge on any atom is -0.452 e. The number of ether oxygens (including phenoxy) is 1. The van der Waals surface area contributed by atoms with Gasteiger partial charge in [0.1, 0.15) is 0 Å². The van der Waals surface area contributed by atoms with Crippen LogP contribution in [0.2, 0.25) is 0 Å². The van der Waals surface area contributed by atoms with E-state index in [1.807, 2.05) is 41.8 Å². The van der Waals surface area contributed by atoms with Crippen molar-refractivity contribution < 1.29 is 22.7 Å². The van der Waals surface area contributed by atoms with Crippen LogP contribution in [0.5, 0.6) is 0 Å². The van der Waals surface area contributed by atoms with Crippen LogP contribution in [0.3, 0.4) is 0 Å². The van der Waals surface area contributed by atoms with Crippen molar-refractivity contribution in [2.24, 2.45) is 0 Å². The number of alkyl halides is 1. The minimum absolute atomic E-state index is 0.176. The molecule has 28 heavy (non-hydrogen) atoms. The predicted molar refractivity (Wildman–Crippen MR) is 106 cm³/mol. The lowest BCUT2D eigenvalue weighted by atomic mass is 10.2. The highest BCUT2D eigenvalue weighted by Crippen LogP contribution is 2.21. The van der Waals surface area contributed by atoms with Gasteiger partial charge in [-0.25, -0.2) is 13.2 Å². The lowest BCUT2D eigenvalue weighted by Gasteiger charge is -2.14. The van der Waals surface area contributed by atoms with Crippen LogP contribution in [-0.4, -0.2) is 54.4 Å². The molecular formula is C19H21ClN2O5S. The van der Waals surface area contributed by atoms with Crippen LogP contribution in [0.1, 0.15) is 21.7 Å². The second kappa shape index (κ2) is 7.97. The first-order chi connectivity index (χ1) is 13.2. The number of nitrogens with one attached hydrogen (secondary N) is 1. The summed E-state index contributed by atoms with van der Waals surface area (Å²) >= 11 is 5.96. The van der Waals surface area contributed by atoms with Gasteiger partial charge in [-0.1, -0.05) is 18.2 Å². The van der Waals surface area contributed by atoms with Gasteiger partial charge in [-0.05, 0) is 32.0 Å². The molecule has 2 atom stereocenters. The van der Waals surface area contributed by atoms with Crippen LogP contribution in [0, 0.1) is 13.8 Å². The van der Waals surface area contributed by atoms with E-state index >= 15 is 0 Å². The Hall–Kier alpha value is -2.32. The maximum atomic E-state index is 12.4. The first-order valence-electron chi connectivity index (χ1n) is 8.73. The maximum absolute atomic E-state index is 12.4. The van der Waals surface area contributed by atoms with Gasteiger partial charge in [0.25, 0.3) is 5.91 Å². The highest BCUT2D eigenvalue weighted by molar-refractivity contribution is 7.91. The summed E-state index contributed by atoms with van der Waals surface area (Å²) < 4.78 is 30.1. The second-order valence-electron chi connectivity index (χ2n) is 6.80. The zero-order valence-corrected chi connectivity index (χ0v) is 17.1. The van der Waals surface area contributed by atoms with E-state index in [1.165, 1.54) is 0 Å². The Morgan fingerprint density at radius 1 is 1.21 bits per heavy atom. The molecule has 0 saturated carbocycles. The van der Waals surface area contributed by atoms with Gasteiger partial charge in [0, 0.05) is 17.1 Å². The third-order valence-corrected chi connectivity index (χ3v) is 7.00. The maximum Gasteiger partial charge on any atom is 0.340 e. The smallest absolute Gasteiger partial charge is 0.340 e. The van der Waals surface area contributed by atoms with Crippen LogP contribution in [0.15, 0.2) is 36.4 Å². The van der Waals surface area contributed by atoms with Crippen molar-refractivity contribution in [1.29, 1.82) is 0 Å². The summed E-state index contributed by atoms with van der Waals surface area (Å²) in [6.07, 6.45) is 0. The monoisotopic (exact) mass is 424 g/mol. The van der Waals surface area contributed by atoms with Crippen LogP contribution in [0.25, 0.3) is 5.69 Å². The van der Waals surface area contributed by atoms with Crippen molar-refractivity contribution in [3.8, 4) is 5.69 Å². The van der Waals surface area contributed by atoms with Crippen molar-refractivity contribution in [1.82, 2.24) is 9.88 Å². The van der Waals surface area contributed by atoms with E-state index in [4.69, 9.17) is 16.3 Å². The second-order valence-corrected chi connectivity index (χ2v) is 9.51. The topological polar surface area (TPSA) is 94.5 Å². The van der Waals surface area contributed by atoms with Crippen molar-refractivity contribution in [2.75, 3.05) is 18.1 Å². The summed E-state index contributed by atoms with van der Waals surface area (Å²) in [6.45, 7) is 3.18. The quantitative estimate of drug-likeness (QED) is 0.583. The molecule has 1 fully saturated rings. The fourth-order valence-electron chi connectivity index (χ4n) is 3.34. The molecule has 2 heterocycles. The molecule has 1 aliphatic rings. The SMILES string of the molecule is Cc1cc(C(=O)OCC(=O)NC2CS(=O)(=O)CC2Cl)c(C)n1-c1ccccc1. The molecule has 1 aliphatic heterocycles. The fraction of sp³-hybridized carbons (Fsp3) is 0.368. The Morgan fingerprint density at radius 3 is 2.50 bits per heavy atom. The highest BCUT2D eigenvalue weighted by atomic mass is 35.5. The third-order valence-electron chi connectivity index (χ3n) is 4.63. The molecule has 2 aromatic rings. The standard InChI is InChI=1S/C19H21ClN2O5S/c1-12-8-15(13(2)22(12)14-6-4-3-5-7-14)19(24)27-9-18(23)21-17-11-28(25,26)10-16(17)20/h3-8,16-17H,9-11H2,1-2H3,(H,21,23). The van der Waals surface area contributed by atoms with Crippen molar-refractivity contribution >= 4 is 33.3 Å². The molecule has 1 saturated heterocycles. The van der Waals surface area contributed by atoms with Gasteiger partial charge in [-0.15, -0.1) is 11.6 Å². The molecular weight excluding hydrogens is 404 g/mol. The van der Waals surface area contributed by atoms with Crippen LogP contribution in [-0.2, 0) is 19.4 Å². The van der Waals surface area contributed by atoms with E-state index < -0.39 is 39.7 Å². The lowest BCUT2D eigenvalue weighted by Crippen LogP contribution is -2.42. The molecule has 1 aromatic carbocycles. The largest absolute Gasteiger partial charge is 0.452 e. The molecule has 1 amide bonds. The number of carbonyl (C=O) groups excluding carboxylic acids is 2. The molecule has 9 heteroatoms. The number of amides is 1. The van der Waals surface area contributed by atoms with E-state index in [0.717, 1.165) is 11.4 Å². The predicted octanol–water partition coefficient (Wildman–Crippen LogP) is 1.77. The summed E-state index contributed by atoms with van der Waals surface area (Å²) in [6, 6.07) is 10.6. The van der Waals surface area contributed by atoms with E-state index in [2.05, 4.69) is 5.32 Å². The number of hydrogen-bond acceptors (Lipinski definition) is 5. The number of carbonyl (C=O) groups is 2. The zero-order valence-electron chi connectivity index (χ0n) is 15.5. The molecule has 0 bridgehead atoms. The van der Waals surface area contributed by atoms with E-state index in [9.17, 15) is 18.0 Å². The lowest BCUT2D eigenvalue weighted by molar-refractivity contribution is -0.124. The van der Waals surface area contributed by atoms with Crippen molar-refractivity contribution in [3.05, 3.63) is 53.3 Å². The normalized spacial score (nSPS) is 20.7. The van der Waals surface area contributed by atoms with Crippen molar-refractivity contribution in [3.63, 3.8) is 0 Å². The number of nitrogens with zero attached hydrogens (tertiary/aromatic N) is 1. The summed E-state index contributed by atoms with van der Waals surface area (Å²) in [5.74, 6) is -1.59. The Kier molecular flexibility index (Phi) is 5.81. The van der Waals surface area contributed by atoms with Gasteiger partial charge in [0.2, 0.25) is 0 Å². The van der Waals surface area contributed by atoms with Gasteiger partial charge < -0.3 is 14.6 Å². The number of rotatable bonds is 5. The number of aryl methyl sites for hydroxylation is 1. The number of para-hydroxylation sites is 1. The Morgan fingerprint density at radius 2 is 1.89 bits per heavy atom. The van der Waals surface area contributed by atoms with E-state index in [-0.39, 0.29) is 11.5 Å². The molecule has 2 unspecified atom stereocenters. The summed E-state index contributed by atoms with van der Waals surface area (Å²) in [4.78, 5) is 24.5. The first kappa shape index (κ1) is 20.4. The number of sulfone groups is 1. The number of aromatic nitrogens is 1. The molecule has 0 spiro atoms. The summed E-state index contributed by atoms with van der Waals surface area (Å²) in [7, 11) is -3.26. The summed E-state index contributed by atoms with van der Waals surface area (Å²) in [5, 5.41) is 1.83. The highest BCUT2D eigenvalue weighted by Gasteiger charge is 2.37. The first-order valence-corrected chi connectivity index (χ1v) is 11.0. The Bertz CT molecular complexity index is 1000. The molecule has 0 radical (unpaired) electrons. The molecule has 1 aromatic heterocycles. The van der Waals surface area contributed by atoms with Crippen LogP contribution >= 0.6 is 11.6 Å². The van der Waals surface area contributed by atoms with Crippen molar-refractivity contribution in [2.45, 2.75) is 25.3 Å². The Balaban J connectivity index is 1.64. The van der Waals surface area contributed by atoms with Gasteiger partial charge in [-0.2, -0.15) is 0 Å². The molecule has 0 aliphatic carbocycles. The van der Waals surface area contributed by atoms with E-state index in [0.29, 0.717) is 11.3 Å². The molecule has 7 nitrogen and oxygen atoms in total. The van der Waals surface area contributed by atoms with Gasteiger partial charge in [0.05, 0.1) is 28.5 Å². The number of benzene rings is 1. The fourth-order valence-corrected chi connectivity index (χ4v) is 5.89. The molecule has 1 N–H and O–H groups in total. The average molecular weight is 425 g/mol. The van der Waals surface area contributed by atoms with Gasteiger partial charge >= 0.3 is 5.97 Å². The third kappa shape index (κ3) is 4.39. The molecule has 150 valence electrons.